The smallest absolute Gasteiger partial charge is 0.496 e. The number of methoxy groups -OCH3 is 2. The van der Waals surface area contributed by atoms with Crippen molar-refractivity contribution in [3.63, 3.8) is 0 Å². The van der Waals surface area contributed by atoms with E-state index >= 15 is 0 Å². The Bertz CT molecular complexity index is 3750. The zero-order valence-corrected chi connectivity index (χ0v) is 44.7. The molecule has 7 aliphatic heterocycles. The van der Waals surface area contributed by atoms with Gasteiger partial charge in [0, 0.05) is 121 Å². The third-order valence-electron chi connectivity index (χ3n) is 15.6. The topological polar surface area (TPSA) is 224 Å². The van der Waals surface area contributed by atoms with Gasteiger partial charge in [0.15, 0.2) is 0 Å². The highest BCUT2D eigenvalue weighted by Crippen LogP contribution is 2.39. The Hall–Kier alpha value is -7.86. The van der Waals surface area contributed by atoms with Crippen LogP contribution in [0.3, 0.4) is 0 Å². The predicted octanol–water partition coefficient (Wildman–Crippen LogP) is 6.76. The van der Waals surface area contributed by atoms with E-state index < -0.39 is 21.2 Å². The minimum absolute atomic E-state index is 0.0602. The maximum absolute atomic E-state index is 10.1. The number of piperidine rings is 2. The van der Waals surface area contributed by atoms with Crippen molar-refractivity contribution >= 4 is 51.2 Å². The molecule has 0 amide bonds. The van der Waals surface area contributed by atoms with E-state index in [1.165, 1.54) is 46.3 Å². The molecule has 8 aromatic rings. The molecular formula is C56H58BBrN14O6. The second-order valence-electron chi connectivity index (χ2n) is 21.0. The lowest BCUT2D eigenvalue weighted by Crippen LogP contribution is -2.68. The van der Waals surface area contributed by atoms with Gasteiger partial charge in [-0.1, -0.05) is 18.2 Å². The van der Waals surface area contributed by atoms with Gasteiger partial charge in [-0.2, -0.15) is 20.7 Å². The highest BCUT2D eigenvalue weighted by Gasteiger charge is 2.52. The predicted molar refractivity (Wildman–Crippen MR) is 296 cm³/mol. The quantitative estimate of drug-likeness (QED) is 0.135. The van der Waals surface area contributed by atoms with Crippen molar-refractivity contribution < 1.29 is 37.2 Å². The summed E-state index contributed by atoms with van der Waals surface area (Å²) in [6.45, 7) is 13.3. The van der Waals surface area contributed by atoms with Crippen molar-refractivity contribution in [2.45, 2.75) is 89.0 Å². The van der Waals surface area contributed by atoms with E-state index in [9.17, 15) is 15.5 Å². The number of nitriles is 2. The van der Waals surface area contributed by atoms with Crippen LogP contribution in [0.1, 0.15) is 71.0 Å². The van der Waals surface area contributed by atoms with Gasteiger partial charge < -0.3 is 38.8 Å². The third kappa shape index (κ3) is 10.2. The summed E-state index contributed by atoms with van der Waals surface area (Å²) in [5.74, 6) is 2.24. The lowest BCUT2D eigenvalue weighted by Gasteiger charge is -2.56. The summed E-state index contributed by atoms with van der Waals surface area (Å²) in [7, 11) is -5.39. The first-order chi connectivity index (χ1) is 39.9. The number of nitrogens with zero attached hydrogens (tertiary/aromatic N) is 14. The first kappa shape index (κ1) is 45.2. The van der Waals surface area contributed by atoms with E-state index in [-0.39, 0.29) is 34.5 Å². The van der Waals surface area contributed by atoms with Gasteiger partial charge in [-0.15, -0.1) is 0 Å². The number of aromatic hydroxyl groups is 2. The SMILES string of the molecule is N#Cc1cnn2cc(O)cc(Br)c12.[2H]C([2H])([2H])Oc1ccc(CN2C3CC2CN(c2ccc(-c4cc(O)cn5ncc(C#N)c45)cn2)C3)cn1.[2H]C([2H])([2H])Oc1ccc(CN2C3CC2CN(c2ccc(B4OC(C)(C)C(C)(C)O4)cn2)C3)cn1. The van der Waals surface area contributed by atoms with Gasteiger partial charge in [-0.25, -0.2) is 29.0 Å². The van der Waals surface area contributed by atoms with E-state index in [4.69, 9.17) is 42.2 Å². The number of anilines is 2. The van der Waals surface area contributed by atoms with E-state index in [1.807, 2.05) is 36.5 Å². The first-order valence-corrected chi connectivity index (χ1v) is 26.1. The summed E-state index contributed by atoms with van der Waals surface area (Å²) in [5, 5.41) is 45.6. The average molecular weight is 1120 g/mol. The number of aromatic nitrogens is 8. The number of hydrogen-bond acceptors (Lipinski definition) is 18. The number of piperazine rings is 2. The molecule has 0 aromatic carbocycles. The minimum atomic E-state index is -2.51. The molecule has 8 aromatic heterocycles. The van der Waals surface area contributed by atoms with Crippen LogP contribution in [0.2, 0.25) is 0 Å². The fourth-order valence-electron chi connectivity index (χ4n) is 10.8. The number of ether oxygens (including phenoxy) is 2. The maximum Gasteiger partial charge on any atom is 0.496 e. The van der Waals surface area contributed by atoms with Crippen LogP contribution < -0.4 is 24.7 Å². The fourth-order valence-corrected chi connectivity index (χ4v) is 11.4. The zero-order chi connectivity index (χ0) is 59.5. The minimum Gasteiger partial charge on any atom is -0.506 e. The third-order valence-corrected chi connectivity index (χ3v) is 16.2. The van der Waals surface area contributed by atoms with Gasteiger partial charge in [0.1, 0.15) is 35.3 Å². The Morgan fingerprint density at radius 2 is 1.15 bits per heavy atom. The Morgan fingerprint density at radius 1 is 0.654 bits per heavy atom. The Kier molecular flexibility index (Phi) is 12.3. The first-order valence-electron chi connectivity index (χ1n) is 28.3. The molecule has 2 N–H and O–H groups in total. The Balaban J connectivity index is 0.000000145. The van der Waals surface area contributed by atoms with E-state index in [1.54, 1.807) is 36.8 Å². The lowest BCUT2D eigenvalue weighted by atomic mass is 9.80. The molecule has 20 nitrogen and oxygen atoms in total. The molecular weight excluding hydrogens is 1060 g/mol. The molecule has 78 heavy (non-hydrogen) atoms. The van der Waals surface area contributed by atoms with Crippen LogP contribution in [-0.4, -0.2) is 142 Å². The molecule has 0 saturated carbocycles. The van der Waals surface area contributed by atoms with Crippen LogP contribution >= 0.6 is 15.9 Å². The average Bonchev–Trinajstić information content (AvgIpc) is 2.67. The van der Waals surface area contributed by atoms with Gasteiger partial charge in [0.2, 0.25) is 11.8 Å². The number of rotatable bonds is 10. The molecule has 7 fully saturated rings. The standard InChI is InChI=1S/C25H23N7O2.C23H31BN4O3.C8H4BrN3O/c1-34-24-5-2-16(9-28-24)12-31-19-6-20(31)14-30(13-19)23-4-3-17(10-27-23)22-7-21(33)15-32-25(22)18(8-26)11-29-32;1-22(2)23(3,4)31-24(30-22)17-7-8-20(25-12-17)27-14-18-10-19(15-27)28(18)13-16-6-9-21(29-5)26-11-16;9-7-1-6(13)4-12-8(7)5(2-10)3-11-12/h2-5,7,9-11,15,19-20,33H,6,12-14H2,1H3;6-9,11-12,18-19H,10,13-15H2,1-5H3;1,3-4,13H/i1D3;5D3;. The molecule has 0 spiro atoms. The molecule has 4 bridgehead atoms. The molecule has 398 valence electrons. The van der Waals surface area contributed by atoms with Crippen molar-refractivity contribution in [2.75, 3.05) is 50.1 Å². The van der Waals surface area contributed by atoms with Gasteiger partial charge >= 0.3 is 7.12 Å². The zero-order valence-electron chi connectivity index (χ0n) is 49.1. The second kappa shape index (κ2) is 21.2. The molecule has 22 heteroatoms. The number of halogens is 1. The second-order valence-corrected chi connectivity index (χ2v) is 21.8. The van der Waals surface area contributed by atoms with Crippen molar-refractivity contribution in [3.05, 3.63) is 137 Å². The van der Waals surface area contributed by atoms with Crippen LogP contribution in [0.5, 0.6) is 23.3 Å². The summed E-state index contributed by atoms with van der Waals surface area (Å²) in [4.78, 5) is 27.2. The molecule has 0 radical (unpaired) electrons. The van der Waals surface area contributed by atoms with Crippen molar-refractivity contribution in [2.24, 2.45) is 0 Å². The van der Waals surface area contributed by atoms with Crippen LogP contribution in [-0.2, 0) is 22.4 Å². The highest BCUT2D eigenvalue weighted by molar-refractivity contribution is 9.10. The molecule has 15 rings (SSSR count). The van der Waals surface area contributed by atoms with E-state index in [0.717, 1.165) is 79.5 Å². The highest BCUT2D eigenvalue weighted by atomic mass is 79.9. The normalized spacial score (nSPS) is 22.3. The van der Waals surface area contributed by atoms with Gasteiger partial charge in [-0.3, -0.25) is 9.80 Å². The van der Waals surface area contributed by atoms with Crippen molar-refractivity contribution in [3.8, 4) is 46.5 Å². The summed E-state index contributed by atoms with van der Waals surface area (Å²) in [6, 6.07) is 24.0. The summed E-state index contributed by atoms with van der Waals surface area (Å²) >= 11 is 3.25. The Morgan fingerprint density at radius 3 is 1.62 bits per heavy atom. The number of hydrogen-bond donors (Lipinski definition) is 2. The largest absolute Gasteiger partial charge is 0.506 e. The van der Waals surface area contributed by atoms with Gasteiger partial charge in [-0.05, 0) is 97.9 Å². The number of pyridine rings is 6. The summed E-state index contributed by atoms with van der Waals surface area (Å²) in [5.41, 5.74) is 5.97. The monoisotopic (exact) mass is 1120 g/mol. The van der Waals surface area contributed by atoms with Crippen molar-refractivity contribution in [1.82, 2.24) is 49.0 Å². The molecule has 7 aliphatic rings. The molecule has 4 unspecified atom stereocenters. The van der Waals surface area contributed by atoms with Crippen LogP contribution in [0, 0.1) is 22.7 Å². The van der Waals surface area contributed by atoms with Gasteiger partial charge in [0.25, 0.3) is 0 Å². The maximum atomic E-state index is 10.1. The fraction of sp³-hybridized carbons (Fsp3) is 0.357. The van der Waals surface area contributed by atoms with Gasteiger partial charge in [0.05, 0.1) is 80.5 Å². The molecule has 0 aliphatic carbocycles. The lowest BCUT2D eigenvalue weighted by molar-refractivity contribution is -0.00879. The van der Waals surface area contributed by atoms with Crippen LogP contribution in [0.25, 0.3) is 22.2 Å². The van der Waals surface area contributed by atoms with Crippen molar-refractivity contribution in [1.29, 1.82) is 10.5 Å². The van der Waals surface area contributed by atoms with Crippen LogP contribution in [0.4, 0.5) is 11.6 Å². The summed E-state index contributed by atoms with van der Waals surface area (Å²) < 4.78 is 68.7. The molecule has 15 heterocycles. The Labute approximate surface area is 468 Å². The van der Waals surface area contributed by atoms with E-state index in [2.05, 4.69) is 102 Å². The molecule has 7 saturated heterocycles. The van der Waals surface area contributed by atoms with E-state index in [0.29, 0.717) is 56.4 Å². The summed E-state index contributed by atoms with van der Waals surface area (Å²) in [6.07, 6.45) is 15.2. The van der Waals surface area contributed by atoms with Crippen LogP contribution in [0.15, 0.2) is 115 Å². The number of fused-ring (bicyclic) bond motifs is 6. The molecule has 4 atom stereocenters.